The number of hydrogen-bond acceptors (Lipinski definition) is 4. The molecule has 2 aliphatic heterocycles. The summed E-state index contributed by atoms with van der Waals surface area (Å²) >= 11 is 0. The number of carbonyl (C=O) groups excluding carboxylic acids is 1. The fourth-order valence-electron chi connectivity index (χ4n) is 3.15. The second-order valence-corrected chi connectivity index (χ2v) is 5.89. The van der Waals surface area contributed by atoms with Gasteiger partial charge in [-0.05, 0) is 30.2 Å². The summed E-state index contributed by atoms with van der Waals surface area (Å²) in [5.74, 6) is 1.04. The minimum Gasteiger partial charge on any atom is -0.454 e. The van der Waals surface area contributed by atoms with Crippen LogP contribution in [0.25, 0.3) is 0 Å². The molecule has 2 aromatic carbocycles. The van der Waals surface area contributed by atoms with E-state index >= 15 is 0 Å². The molecule has 4 heteroatoms. The van der Waals surface area contributed by atoms with Crippen LogP contribution in [0, 0.1) is 0 Å². The van der Waals surface area contributed by atoms with E-state index in [9.17, 15) is 4.79 Å². The van der Waals surface area contributed by atoms with Gasteiger partial charge in [-0.3, -0.25) is 4.79 Å². The van der Waals surface area contributed by atoms with Gasteiger partial charge in [-0.1, -0.05) is 36.4 Å². The summed E-state index contributed by atoms with van der Waals surface area (Å²) in [5, 5.41) is 0. The van der Waals surface area contributed by atoms with Gasteiger partial charge in [0.05, 0.1) is 5.92 Å². The highest BCUT2D eigenvalue weighted by Crippen LogP contribution is 2.46. The lowest BCUT2D eigenvalue weighted by molar-refractivity contribution is -0.148. The first kappa shape index (κ1) is 13.2. The predicted octanol–water partition coefficient (Wildman–Crippen LogP) is 3.36. The van der Waals surface area contributed by atoms with Crippen molar-refractivity contribution in [2.75, 3.05) is 6.79 Å². The van der Waals surface area contributed by atoms with Gasteiger partial charge in [0.25, 0.3) is 0 Å². The zero-order valence-corrected chi connectivity index (χ0v) is 12.2. The molecule has 0 unspecified atom stereocenters. The van der Waals surface area contributed by atoms with Crippen LogP contribution in [0.4, 0.5) is 0 Å². The molecule has 112 valence electrons. The molecule has 0 spiro atoms. The molecule has 0 aromatic heterocycles. The highest BCUT2D eigenvalue weighted by Gasteiger charge is 2.45. The monoisotopic (exact) mass is 296 g/mol. The van der Waals surface area contributed by atoms with Crippen LogP contribution in [0.3, 0.4) is 0 Å². The number of benzene rings is 2. The summed E-state index contributed by atoms with van der Waals surface area (Å²) in [6.45, 7) is 2.19. The average Bonchev–Trinajstić information content (AvgIpc) is 3.12. The first-order chi connectivity index (χ1) is 10.7. The summed E-state index contributed by atoms with van der Waals surface area (Å²) < 4.78 is 16.5. The van der Waals surface area contributed by atoms with Gasteiger partial charge in [-0.15, -0.1) is 0 Å². The smallest absolute Gasteiger partial charge is 0.314 e. The van der Waals surface area contributed by atoms with E-state index in [1.165, 1.54) is 0 Å². The molecule has 0 bridgehead atoms. The van der Waals surface area contributed by atoms with E-state index in [0.717, 1.165) is 16.9 Å². The molecular weight excluding hydrogens is 280 g/mol. The van der Waals surface area contributed by atoms with E-state index in [4.69, 9.17) is 14.2 Å². The third-order valence-electron chi connectivity index (χ3n) is 4.39. The lowest BCUT2D eigenvalue weighted by Crippen LogP contribution is -2.20. The number of cyclic esters (lactones) is 1. The molecule has 2 aromatic rings. The van der Waals surface area contributed by atoms with Gasteiger partial charge in [-0.2, -0.15) is 0 Å². The quantitative estimate of drug-likeness (QED) is 0.797. The number of carbonyl (C=O) groups is 1. The maximum atomic E-state index is 12.3. The van der Waals surface area contributed by atoms with Crippen LogP contribution >= 0.6 is 0 Å². The molecule has 0 radical (unpaired) electrons. The van der Waals surface area contributed by atoms with Gasteiger partial charge in [0.15, 0.2) is 11.5 Å². The Balaban J connectivity index is 1.66. The molecule has 0 amide bonds. The second kappa shape index (κ2) is 4.77. The highest BCUT2D eigenvalue weighted by atomic mass is 16.7. The molecular formula is C18H16O4. The van der Waals surface area contributed by atoms with E-state index in [-0.39, 0.29) is 18.7 Å². The van der Waals surface area contributed by atoms with Crippen molar-refractivity contribution in [3.8, 4) is 11.5 Å². The standard InChI is InChI=1S/C18H16O4/c1-18(13-7-8-15-16(9-13)21-11-20-15)10-14(17(19)22-18)12-5-3-2-4-6-12/h2-9,14H,10-11H2,1H3/t14-,18-/m1/s1. The lowest BCUT2D eigenvalue weighted by atomic mass is 9.86. The summed E-state index contributed by atoms with van der Waals surface area (Å²) in [6, 6.07) is 15.5. The zero-order chi connectivity index (χ0) is 15.2. The number of ether oxygens (including phenoxy) is 3. The summed E-state index contributed by atoms with van der Waals surface area (Å²) in [5.41, 5.74) is 1.29. The van der Waals surface area contributed by atoms with Gasteiger partial charge < -0.3 is 14.2 Å². The number of rotatable bonds is 2. The molecule has 4 nitrogen and oxygen atoms in total. The Bertz CT molecular complexity index is 725. The normalized spacial score (nSPS) is 26.0. The van der Waals surface area contributed by atoms with Crippen LogP contribution in [-0.2, 0) is 15.1 Å². The first-order valence-electron chi connectivity index (χ1n) is 7.34. The van der Waals surface area contributed by atoms with Crippen molar-refractivity contribution >= 4 is 5.97 Å². The van der Waals surface area contributed by atoms with Crippen LogP contribution < -0.4 is 9.47 Å². The number of fused-ring (bicyclic) bond motifs is 1. The summed E-state index contributed by atoms with van der Waals surface area (Å²) in [6.07, 6.45) is 0.621. The van der Waals surface area contributed by atoms with Gasteiger partial charge >= 0.3 is 5.97 Å². The van der Waals surface area contributed by atoms with Crippen LogP contribution in [-0.4, -0.2) is 12.8 Å². The van der Waals surface area contributed by atoms with Crippen LogP contribution in [0.2, 0.25) is 0 Å². The fourth-order valence-corrected chi connectivity index (χ4v) is 3.15. The van der Waals surface area contributed by atoms with E-state index in [1.54, 1.807) is 0 Å². The predicted molar refractivity (Wildman–Crippen MR) is 79.8 cm³/mol. The number of hydrogen-bond donors (Lipinski definition) is 0. The Morgan fingerprint density at radius 3 is 2.64 bits per heavy atom. The third-order valence-corrected chi connectivity index (χ3v) is 4.39. The molecule has 0 N–H and O–H groups in total. The van der Waals surface area contributed by atoms with Crippen molar-refractivity contribution in [2.24, 2.45) is 0 Å². The van der Waals surface area contributed by atoms with E-state index in [2.05, 4.69) is 0 Å². The SMILES string of the molecule is C[C@]1(c2ccc3c(c2)OCO3)C[C@H](c2ccccc2)C(=O)O1. The average molecular weight is 296 g/mol. The Morgan fingerprint density at radius 2 is 1.82 bits per heavy atom. The van der Waals surface area contributed by atoms with Crippen molar-refractivity contribution in [1.82, 2.24) is 0 Å². The topological polar surface area (TPSA) is 44.8 Å². The van der Waals surface area contributed by atoms with Gasteiger partial charge in [-0.25, -0.2) is 0 Å². The van der Waals surface area contributed by atoms with Crippen molar-refractivity contribution < 1.29 is 19.0 Å². The zero-order valence-electron chi connectivity index (χ0n) is 12.2. The summed E-state index contributed by atoms with van der Waals surface area (Å²) in [4.78, 5) is 12.3. The molecule has 2 aliphatic rings. The molecule has 1 saturated heterocycles. The van der Waals surface area contributed by atoms with E-state index in [0.29, 0.717) is 12.2 Å². The molecule has 0 saturated carbocycles. The van der Waals surface area contributed by atoms with Crippen molar-refractivity contribution in [3.05, 3.63) is 59.7 Å². The minimum absolute atomic E-state index is 0.175. The molecule has 22 heavy (non-hydrogen) atoms. The maximum absolute atomic E-state index is 12.3. The van der Waals surface area contributed by atoms with Crippen molar-refractivity contribution in [3.63, 3.8) is 0 Å². The lowest BCUT2D eigenvalue weighted by Gasteiger charge is -2.23. The second-order valence-electron chi connectivity index (χ2n) is 5.89. The Morgan fingerprint density at radius 1 is 1.05 bits per heavy atom. The highest BCUT2D eigenvalue weighted by molar-refractivity contribution is 5.81. The van der Waals surface area contributed by atoms with Gasteiger partial charge in [0, 0.05) is 6.42 Å². The number of esters is 1. The molecule has 4 rings (SSSR count). The molecule has 2 heterocycles. The Labute approximate surface area is 128 Å². The minimum atomic E-state index is -0.640. The molecule has 1 fully saturated rings. The van der Waals surface area contributed by atoms with Crippen LogP contribution in [0.15, 0.2) is 48.5 Å². The van der Waals surface area contributed by atoms with E-state index < -0.39 is 5.60 Å². The van der Waals surface area contributed by atoms with Crippen molar-refractivity contribution in [2.45, 2.75) is 24.9 Å². The van der Waals surface area contributed by atoms with Crippen LogP contribution in [0.5, 0.6) is 11.5 Å². The Kier molecular flexibility index (Phi) is 2.86. The maximum Gasteiger partial charge on any atom is 0.314 e. The van der Waals surface area contributed by atoms with Gasteiger partial charge in [0.2, 0.25) is 6.79 Å². The molecule has 2 atom stereocenters. The molecule has 0 aliphatic carbocycles. The third kappa shape index (κ3) is 2.03. The van der Waals surface area contributed by atoms with Crippen LogP contribution in [0.1, 0.15) is 30.4 Å². The Hall–Kier alpha value is -2.49. The van der Waals surface area contributed by atoms with E-state index in [1.807, 2.05) is 55.5 Å². The largest absolute Gasteiger partial charge is 0.454 e. The fraction of sp³-hybridized carbons (Fsp3) is 0.278. The van der Waals surface area contributed by atoms with Crippen molar-refractivity contribution in [1.29, 1.82) is 0 Å². The van der Waals surface area contributed by atoms with Gasteiger partial charge in [0.1, 0.15) is 5.60 Å². The summed E-state index contributed by atoms with van der Waals surface area (Å²) in [7, 11) is 0. The first-order valence-corrected chi connectivity index (χ1v) is 7.34.